The van der Waals surface area contributed by atoms with Gasteiger partial charge in [0.25, 0.3) is 0 Å². The molecule has 0 radical (unpaired) electrons. The Hall–Kier alpha value is -1.75. The van der Waals surface area contributed by atoms with Crippen LogP contribution in [0.5, 0.6) is 11.5 Å². The highest BCUT2D eigenvalue weighted by atomic mass is 16.5. The van der Waals surface area contributed by atoms with Gasteiger partial charge in [0.2, 0.25) is 5.91 Å². The lowest BCUT2D eigenvalue weighted by atomic mass is 10.0. The smallest absolute Gasteiger partial charge is 0.241 e. The number of rotatable bonds is 3. The van der Waals surface area contributed by atoms with Crippen molar-refractivity contribution < 1.29 is 14.3 Å². The van der Waals surface area contributed by atoms with E-state index in [1.807, 2.05) is 12.1 Å². The Morgan fingerprint density at radius 1 is 1.22 bits per heavy atom. The number of carbonyl (C=O) groups is 1. The first kappa shape index (κ1) is 12.7. The Kier molecular flexibility index (Phi) is 4.04. The van der Waals surface area contributed by atoms with Crippen LogP contribution in [0.25, 0.3) is 0 Å². The highest BCUT2D eigenvalue weighted by molar-refractivity contribution is 5.84. The van der Waals surface area contributed by atoms with Gasteiger partial charge in [0, 0.05) is 18.2 Å². The zero-order valence-electron chi connectivity index (χ0n) is 10.7. The second-order valence-electron chi connectivity index (χ2n) is 4.14. The van der Waals surface area contributed by atoms with Gasteiger partial charge in [-0.05, 0) is 25.1 Å². The molecule has 1 aromatic rings. The molecule has 1 heterocycles. The summed E-state index contributed by atoms with van der Waals surface area (Å²) in [5, 5.41) is 6.11. The summed E-state index contributed by atoms with van der Waals surface area (Å²) in [5.41, 5.74) is 0.831. The second kappa shape index (κ2) is 5.73. The van der Waals surface area contributed by atoms with Crippen molar-refractivity contribution in [1.29, 1.82) is 0 Å². The maximum absolute atomic E-state index is 12.0. The van der Waals surface area contributed by atoms with Gasteiger partial charge in [0.1, 0.15) is 17.5 Å². The molecule has 18 heavy (non-hydrogen) atoms. The first-order valence-electron chi connectivity index (χ1n) is 5.99. The first-order valence-corrected chi connectivity index (χ1v) is 5.99. The summed E-state index contributed by atoms with van der Waals surface area (Å²) < 4.78 is 10.5. The maximum atomic E-state index is 12.0. The highest BCUT2D eigenvalue weighted by Gasteiger charge is 2.25. The Morgan fingerprint density at radius 3 is 2.78 bits per heavy atom. The van der Waals surface area contributed by atoms with Crippen molar-refractivity contribution in [3.05, 3.63) is 23.8 Å². The number of hydrogen-bond donors (Lipinski definition) is 2. The Labute approximate surface area is 106 Å². The van der Waals surface area contributed by atoms with Gasteiger partial charge in [-0.3, -0.25) is 4.79 Å². The Bertz CT molecular complexity index is 434. The van der Waals surface area contributed by atoms with Crippen molar-refractivity contribution in [2.75, 3.05) is 27.3 Å². The van der Waals surface area contributed by atoms with Gasteiger partial charge in [-0.1, -0.05) is 0 Å². The van der Waals surface area contributed by atoms with E-state index in [1.165, 1.54) is 0 Å². The summed E-state index contributed by atoms with van der Waals surface area (Å²) in [5.74, 6) is 1.35. The van der Waals surface area contributed by atoms with Crippen LogP contribution in [0.15, 0.2) is 18.2 Å². The maximum Gasteiger partial charge on any atom is 0.241 e. The van der Waals surface area contributed by atoms with E-state index in [2.05, 4.69) is 10.6 Å². The van der Waals surface area contributed by atoms with E-state index >= 15 is 0 Å². The highest BCUT2D eigenvalue weighted by Crippen LogP contribution is 2.30. The molecule has 5 nitrogen and oxygen atoms in total. The average Bonchev–Trinajstić information content (AvgIpc) is 2.62. The Balaban J connectivity index is 2.33. The van der Waals surface area contributed by atoms with Gasteiger partial charge < -0.3 is 20.1 Å². The van der Waals surface area contributed by atoms with Crippen LogP contribution in [0.2, 0.25) is 0 Å². The molecule has 2 N–H and O–H groups in total. The lowest BCUT2D eigenvalue weighted by Gasteiger charge is -2.18. The molecule has 1 atom stereocenters. The number of carbonyl (C=O) groups excluding carboxylic acids is 1. The summed E-state index contributed by atoms with van der Waals surface area (Å²) in [6.07, 6.45) is 0.931. The molecule has 0 spiro atoms. The van der Waals surface area contributed by atoms with Crippen LogP contribution in [0.1, 0.15) is 18.0 Å². The van der Waals surface area contributed by atoms with Gasteiger partial charge in [0.05, 0.1) is 14.2 Å². The van der Waals surface area contributed by atoms with E-state index < -0.39 is 0 Å². The molecule has 1 amide bonds. The fourth-order valence-electron chi connectivity index (χ4n) is 2.05. The van der Waals surface area contributed by atoms with E-state index in [9.17, 15) is 4.79 Å². The quantitative estimate of drug-likeness (QED) is 0.835. The largest absolute Gasteiger partial charge is 0.497 e. The normalized spacial score (nSPS) is 19.9. The number of amides is 1. The van der Waals surface area contributed by atoms with Gasteiger partial charge in [-0.15, -0.1) is 0 Å². The molecule has 0 aliphatic carbocycles. The third-order valence-electron chi connectivity index (χ3n) is 3.02. The molecule has 5 heteroatoms. The van der Waals surface area contributed by atoms with Crippen LogP contribution in [0.4, 0.5) is 0 Å². The lowest BCUT2D eigenvalue weighted by Crippen LogP contribution is -2.34. The Morgan fingerprint density at radius 2 is 2.06 bits per heavy atom. The van der Waals surface area contributed by atoms with Crippen LogP contribution >= 0.6 is 0 Å². The zero-order valence-corrected chi connectivity index (χ0v) is 10.7. The molecule has 2 rings (SSSR count). The van der Waals surface area contributed by atoms with Crippen molar-refractivity contribution in [2.24, 2.45) is 0 Å². The second-order valence-corrected chi connectivity index (χ2v) is 4.14. The fourth-order valence-corrected chi connectivity index (χ4v) is 2.05. The zero-order chi connectivity index (χ0) is 13.0. The standard InChI is InChI=1S/C13H18N2O3/c1-17-9-4-5-10(11(8-9)18-2)12-13(16)15-7-3-6-14-12/h4-5,8,12,14H,3,6-7H2,1-2H3,(H,15,16). The minimum absolute atomic E-state index is 0.0176. The van der Waals surface area contributed by atoms with Crippen molar-refractivity contribution >= 4 is 5.91 Å². The van der Waals surface area contributed by atoms with E-state index in [0.29, 0.717) is 18.0 Å². The first-order chi connectivity index (χ1) is 8.76. The number of nitrogens with one attached hydrogen (secondary N) is 2. The van der Waals surface area contributed by atoms with Gasteiger partial charge in [-0.2, -0.15) is 0 Å². The van der Waals surface area contributed by atoms with Gasteiger partial charge in [0.15, 0.2) is 0 Å². The SMILES string of the molecule is COc1ccc(C2NCCCNC2=O)c(OC)c1. The monoisotopic (exact) mass is 250 g/mol. The molecule has 1 aliphatic heterocycles. The summed E-state index contributed by atoms with van der Waals surface area (Å²) in [4.78, 5) is 12.0. The molecular weight excluding hydrogens is 232 g/mol. The van der Waals surface area contributed by atoms with Gasteiger partial charge >= 0.3 is 0 Å². The van der Waals surface area contributed by atoms with E-state index in [4.69, 9.17) is 9.47 Å². The van der Waals surface area contributed by atoms with E-state index in [1.54, 1.807) is 20.3 Å². The number of benzene rings is 1. The van der Waals surface area contributed by atoms with Crippen LogP contribution in [0, 0.1) is 0 Å². The topological polar surface area (TPSA) is 59.6 Å². The molecule has 1 saturated heterocycles. The number of methoxy groups -OCH3 is 2. The van der Waals surface area contributed by atoms with Crippen molar-refractivity contribution in [2.45, 2.75) is 12.5 Å². The fraction of sp³-hybridized carbons (Fsp3) is 0.462. The summed E-state index contributed by atoms with van der Waals surface area (Å²) in [6, 6.07) is 5.11. The van der Waals surface area contributed by atoms with Crippen LogP contribution in [0.3, 0.4) is 0 Å². The predicted octanol–water partition coefficient (Wildman–Crippen LogP) is 0.854. The molecule has 1 unspecified atom stereocenters. The molecule has 0 bridgehead atoms. The molecule has 1 aliphatic rings. The third-order valence-corrected chi connectivity index (χ3v) is 3.02. The third kappa shape index (κ3) is 2.56. The summed E-state index contributed by atoms with van der Waals surface area (Å²) in [7, 11) is 3.19. The summed E-state index contributed by atoms with van der Waals surface area (Å²) in [6.45, 7) is 1.51. The van der Waals surface area contributed by atoms with Crippen molar-refractivity contribution in [1.82, 2.24) is 10.6 Å². The molecular formula is C13H18N2O3. The number of hydrogen-bond acceptors (Lipinski definition) is 4. The summed E-state index contributed by atoms with van der Waals surface area (Å²) >= 11 is 0. The molecule has 0 saturated carbocycles. The van der Waals surface area contributed by atoms with E-state index in [0.717, 1.165) is 18.5 Å². The van der Waals surface area contributed by atoms with E-state index in [-0.39, 0.29) is 11.9 Å². The lowest BCUT2D eigenvalue weighted by molar-refractivity contribution is -0.122. The van der Waals surface area contributed by atoms with Crippen LogP contribution < -0.4 is 20.1 Å². The van der Waals surface area contributed by atoms with Gasteiger partial charge in [-0.25, -0.2) is 0 Å². The minimum Gasteiger partial charge on any atom is -0.497 e. The predicted molar refractivity (Wildman–Crippen MR) is 67.9 cm³/mol. The van der Waals surface area contributed by atoms with Crippen molar-refractivity contribution in [3.8, 4) is 11.5 Å². The minimum atomic E-state index is -0.367. The molecule has 1 aromatic carbocycles. The molecule has 98 valence electrons. The molecule has 0 aromatic heterocycles. The van der Waals surface area contributed by atoms with Crippen LogP contribution in [-0.2, 0) is 4.79 Å². The van der Waals surface area contributed by atoms with Crippen molar-refractivity contribution in [3.63, 3.8) is 0 Å². The molecule has 1 fully saturated rings. The average molecular weight is 250 g/mol. The van der Waals surface area contributed by atoms with Crippen LogP contribution in [-0.4, -0.2) is 33.2 Å². The number of ether oxygens (including phenoxy) is 2.